The zero-order valence-electron chi connectivity index (χ0n) is 8.47. The molecule has 14 heavy (non-hydrogen) atoms. The first-order chi connectivity index (χ1) is 6.74. The van der Waals surface area contributed by atoms with Crippen LogP contribution in [0.4, 0.5) is 0 Å². The van der Waals surface area contributed by atoms with E-state index in [0.29, 0.717) is 6.54 Å². The molecule has 0 amide bonds. The molecule has 1 atom stereocenters. The fourth-order valence-electron chi connectivity index (χ4n) is 1.19. The highest BCUT2D eigenvalue weighted by atomic mass is 35.5. The standard InChI is InChI=1S/C12H14ClN/c1-3-4-8-14-10(2)11-6-5-7-12(13)9-11/h5-7,9-10,14H,8H2,1-2H3/t10-/m1/s1. The number of rotatable bonds is 3. The van der Waals surface area contributed by atoms with Crippen LogP contribution in [0.25, 0.3) is 0 Å². The van der Waals surface area contributed by atoms with E-state index in [-0.39, 0.29) is 6.04 Å². The van der Waals surface area contributed by atoms with Crippen LogP contribution in [0, 0.1) is 11.8 Å². The topological polar surface area (TPSA) is 12.0 Å². The van der Waals surface area contributed by atoms with Crippen LogP contribution in [0.15, 0.2) is 24.3 Å². The molecule has 0 bridgehead atoms. The Bertz CT molecular complexity index is 349. The molecule has 0 aromatic heterocycles. The predicted molar refractivity (Wildman–Crippen MR) is 61.3 cm³/mol. The van der Waals surface area contributed by atoms with Crippen LogP contribution >= 0.6 is 11.6 Å². The Morgan fingerprint density at radius 3 is 2.93 bits per heavy atom. The first kappa shape index (κ1) is 11.1. The quantitative estimate of drug-likeness (QED) is 0.752. The highest BCUT2D eigenvalue weighted by Crippen LogP contribution is 2.16. The van der Waals surface area contributed by atoms with Gasteiger partial charge in [0.25, 0.3) is 0 Å². The molecule has 1 rings (SSSR count). The Morgan fingerprint density at radius 2 is 2.29 bits per heavy atom. The van der Waals surface area contributed by atoms with E-state index in [1.807, 2.05) is 25.1 Å². The first-order valence-electron chi connectivity index (χ1n) is 4.62. The van der Waals surface area contributed by atoms with Crippen LogP contribution in [0.5, 0.6) is 0 Å². The Balaban J connectivity index is 2.58. The van der Waals surface area contributed by atoms with Gasteiger partial charge in [-0.15, -0.1) is 5.92 Å². The van der Waals surface area contributed by atoms with Gasteiger partial charge in [-0.05, 0) is 31.5 Å². The zero-order valence-corrected chi connectivity index (χ0v) is 9.23. The minimum absolute atomic E-state index is 0.287. The third kappa shape index (κ3) is 3.41. The SMILES string of the molecule is CC#CCN[C@H](C)c1cccc(Cl)c1. The van der Waals surface area contributed by atoms with E-state index in [9.17, 15) is 0 Å². The van der Waals surface area contributed by atoms with Crippen molar-refractivity contribution in [3.63, 3.8) is 0 Å². The molecule has 0 heterocycles. The van der Waals surface area contributed by atoms with Crippen LogP contribution < -0.4 is 5.32 Å². The minimum Gasteiger partial charge on any atom is -0.300 e. The van der Waals surface area contributed by atoms with E-state index in [1.54, 1.807) is 0 Å². The first-order valence-corrected chi connectivity index (χ1v) is 5.00. The number of nitrogens with one attached hydrogen (secondary N) is 1. The largest absolute Gasteiger partial charge is 0.300 e. The maximum atomic E-state index is 5.89. The minimum atomic E-state index is 0.287. The third-order valence-corrected chi connectivity index (χ3v) is 2.26. The second kappa shape index (κ2) is 5.70. The van der Waals surface area contributed by atoms with Crippen LogP contribution in [0.1, 0.15) is 25.5 Å². The number of benzene rings is 1. The summed E-state index contributed by atoms with van der Waals surface area (Å²) in [6, 6.07) is 8.15. The molecular weight excluding hydrogens is 194 g/mol. The monoisotopic (exact) mass is 207 g/mol. The van der Waals surface area contributed by atoms with Crippen LogP contribution in [0.2, 0.25) is 5.02 Å². The maximum absolute atomic E-state index is 5.89. The highest BCUT2D eigenvalue weighted by molar-refractivity contribution is 6.30. The lowest BCUT2D eigenvalue weighted by Gasteiger charge is -2.12. The van der Waals surface area contributed by atoms with Crippen molar-refractivity contribution < 1.29 is 0 Å². The molecule has 1 N–H and O–H groups in total. The van der Waals surface area contributed by atoms with Gasteiger partial charge in [-0.25, -0.2) is 0 Å². The highest BCUT2D eigenvalue weighted by Gasteiger charge is 2.02. The maximum Gasteiger partial charge on any atom is 0.0581 e. The van der Waals surface area contributed by atoms with E-state index >= 15 is 0 Å². The van der Waals surface area contributed by atoms with Crippen molar-refractivity contribution >= 4 is 11.6 Å². The number of halogens is 1. The summed E-state index contributed by atoms with van der Waals surface area (Å²) in [6.45, 7) is 4.65. The fourth-order valence-corrected chi connectivity index (χ4v) is 1.39. The molecule has 1 nitrogen and oxygen atoms in total. The lowest BCUT2D eigenvalue weighted by molar-refractivity contribution is 0.623. The molecule has 0 aliphatic carbocycles. The van der Waals surface area contributed by atoms with E-state index in [1.165, 1.54) is 5.56 Å². The normalized spacial score (nSPS) is 11.6. The summed E-state index contributed by atoms with van der Waals surface area (Å²) in [6.07, 6.45) is 0. The van der Waals surface area contributed by atoms with Gasteiger partial charge in [-0.2, -0.15) is 0 Å². The molecule has 0 fully saturated rings. The number of hydrogen-bond donors (Lipinski definition) is 1. The van der Waals surface area contributed by atoms with Gasteiger partial charge in [0.05, 0.1) is 6.54 Å². The molecule has 0 saturated heterocycles. The molecule has 0 spiro atoms. The van der Waals surface area contributed by atoms with Crippen molar-refractivity contribution in [1.82, 2.24) is 5.32 Å². The smallest absolute Gasteiger partial charge is 0.0581 e. The van der Waals surface area contributed by atoms with Crippen molar-refractivity contribution in [2.75, 3.05) is 6.54 Å². The van der Waals surface area contributed by atoms with E-state index in [2.05, 4.69) is 30.1 Å². The van der Waals surface area contributed by atoms with E-state index in [0.717, 1.165) is 5.02 Å². The summed E-state index contributed by atoms with van der Waals surface area (Å²) in [5.74, 6) is 5.82. The second-order valence-corrected chi connectivity index (χ2v) is 3.52. The molecule has 1 aromatic rings. The lowest BCUT2D eigenvalue weighted by atomic mass is 10.1. The molecule has 0 aliphatic heterocycles. The number of hydrogen-bond acceptors (Lipinski definition) is 1. The summed E-state index contributed by atoms with van der Waals surface area (Å²) in [4.78, 5) is 0. The summed E-state index contributed by atoms with van der Waals surface area (Å²) in [5.41, 5.74) is 1.19. The zero-order chi connectivity index (χ0) is 10.4. The lowest BCUT2D eigenvalue weighted by Crippen LogP contribution is -2.18. The summed E-state index contributed by atoms with van der Waals surface area (Å²) >= 11 is 5.89. The van der Waals surface area contributed by atoms with Gasteiger partial charge in [0.1, 0.15) is 0 Å². The van der Waals surface area contributed by atoms with E-state index in [4.69, 9.17) is 11.6 Å². The molecule has 0 saturated carbocycles. The van der Waals surface area contributed by atoms with Crippen LogP contribution in [0.3, 0.4) is 0 Å². The Kier molecular flexibility index (Phi) is 4.52. The Labute approximate surface area is 90.5 Å². The van der Waals surface area contributed by atoms with Gasteiger partial charge in [0.2, 0.25) is 0 Å². The van der Waals surface area contributed by atoms with Gasteiger partial charge in [0, 0.05) is 11.1 Å². The molecule has 74 valence electrons. The van der Waals surface area contributed by atoms with Gasteiger partial charge >= 0.3 is 0 Å². The van der Waals surface area contributed by atoms with Gasteiger partial charge in [0.15, 0.2) is 0 Å². The van der Waals surface area contributed by atoms with Gasteiger partial charge in [-0.3, -0.25) is 5.32 Å². The molecule has 0 unspecified atom stereocenters. The van der Waals surface area contributed by atoms with Crippen molar-refractivity contribution in [3.8, 4) is 11.8 Å². The average Bonchev–Trinajstić information content (AvgIpc) is 2.18. The van der Waals surface area contributed by atoms with Crippen molar-refractivity contribution in [3.05, 3.63) is 34.9 Å². The van der Waals surface area contributed by atoms with E-state index < -0.39 is 0 Å². The van der Waals surface area contributed by atoms with Crippen molar-refractivity contribution in [2.45, 2.75) is 19.9 Å². The fraction of sp³-hybridized carbons (Fsp3) is 0.333. The molecule has 1 aromatic carbocycles. The molecule has 2 heteroatoms. The summed E-state index contributed by atoms with van der Waals surface area (Å²) in [5, 5.41) is 4.07. The average molecular weight is 208 g/mol. The molecule has 0 aliphatic rings. The Morgan fingerprint density at radius 1 is 1.50 bits per heavy atom. The van der Waals surface area contributed by atoms with Crippen LogP contribution in [-0.2, 0) is 0 Å². The third-order valence-electron chi connectivity index (χ3n) is 2.02. The van der Waals surface area contributed by atoms with Gasteiger partial charge < -0.3 is 0 Å². The predicted octanol–water partition coefficient (Wildman–Crippen LogP) is 3.01. The second-order valence-electron chi connectivity index (χ2n) is 3.08. The van der Waals surface area contributed by atoms with Crippen molar-refractivity contribution in [1.29, 1.82) is 0 Å². The summed E-state index contributed by atoms with van der Waals surface area (Å²) in [7, 11) is 0. The van der Waals surface area contributed by atoms with Gasteiger partial charge in [-0.1, -0.05) is 29.7 Å². The van der Waals surface area contributed by atoms with Crippen molar-refractivity contribution in [2.24, 2.45) is 0 Å². The molecular formula is C12H14ClN. The van der Waals surface area contributed by atoms with Crippen LogP contribution in [-0.4, -0.2) is 6.54 Å². The Hall–Kier alpha value is -0.970. The summed E-state index contributed by atoms with van der Waals surface area (Å²) < 4.78 is 0. The molecule has 0 radical (unpaired) electrons.